The van der Waals surface area contributed by atoms with Crippen molar-refractivity contribution >= 4 is 15.9 Å². The molecule has 88 valence electrons. The number of nitrogens with one attached hydrogen (secondary N) is 1. The monoisotopic (exact) mass is 291 g/mol. The van der Waals surface area contributed by atoms with E-state index in [1.54, 1.807) is 6.20 Å². The lowest BCUT2D eigenvalue weighted by atomic mass is 10.0. The van der Waals surface area contributed by atoms with Crippen molar-refractivity contribution in [1.29, 1.82) is 0 Å². The van der Waals surface area contributed by atoms with E-state index in [-0.39, 0.29) is 6.04 Å². The Morgan fingerprint density at radius 1 is 1.18 bits per heavy atom. The average Bonchev–Trinajstić information content (AvgIpc) is 2.39. The van der Waals surface area contributed by atoms with E-state index in [0.29, 0.717) is 0 Å². The molecule has 1 unspecified atom stereocenters. The van der Waals surface area contributed by atoms with E-state index >= 15 is 0 Å². The van der Waals surface area contributed by atoms with Crippen molar-refractivity contribution in [2.24, 2.45) is 5.84 Å². The van der Waals surface area contributed by atoms with E-state index in [2.05, 4.69) is 32.4 Å². The third kappa shape index (κ3) is 3.12. The minimum absolute atomic E-state index is 0.0231. The number of benzene rings is 1. The molecule has 0 aliphatic heterocycles. The predicted molar refractivity (Wildman–Crippen MR) is 72.1 cm³/mol. The van der Waals surface area contributed by atoms with Crippen LogP contribution in [0.4, 0.5) is 0 Å². The fourth-order valence-electron chi connectivity index (χ4n) is 1.71. The van der Waals surface area contributed by atoms with E-state index in [4.69, 9.17) is 5.84 Å². The summed E-state index contributed by atoms with van der Waals surface area (Å²) in [6.45, 7) is 0. The zero-order valence-electron chi connectivity index (χ0n) is 9.31. The van der Waals surface area contributed by atoms with Gasteiger partial charge in [0.2, 0.25) is 0 Å². The second kappa shape index (κ2) is 5.91. The largest absolute Gasteiger partial charge is 0.271 e. The van der Waals surface area contributed by atoms with Crippen LogP contribution in [0, 0.1) is 0 Å². The molecule has 1 atom stereocenters. The highest BCUT2D eigenvalue weighted by Gasteiger charge is 2.12. The third-order valence-corrected chi connectivity index (χ3v) is 3.40. The molecule has 1 aromatic heterocycles. The molecule has 0 saturated carbocycles. The first-order valence-electron chi connectivity index (χ1n) is 5.41. The van der Waals surface area contributed by atoms with Gasteiger partial charge in [-0.2, -0.15) is 0 Å². The zero-order chi connectivity index (χ0) is 12.1. The van der Waals surface area contributed by atoms with E-state index in [9.17, 15) is 0 Å². The van der Waals surface area contributed by atoms with Crippen LogP contribution in [0.1, 0.15) is 17.3 Å². The molecule has 4 heteroatoms. The fraction of sp³-hybridized carbons (Fsp3) is 0.154. The van der Waals surface area contributed by atoms with E-state index in [1.807, 2.05) is 36.4 Å². The second-order valence-electron chi connectivity index (χ2n) is 3.77. The van der Waals surface area contributed by atoms with Gasteiger partial charge in [-0.05, 0) is 30.2 Å². The first kappa shape index (κ1) is 12.2. The van der Waals surface area contributed by atoms with E-state index in [1.165, 1.54) is 5.56 Å². The summed E-state index contributed by atoms with van der Waals surface area (Å²) in [6.07, 6.45) is 2.58. The van der Waals surface area contributed by atoms with Gasteiger partial charge in [-0.25, -0.2) is 0 Å². The molecule has 3 nitrogen and oxygen atoms in total. The molecular formula is C13H14BrN3. The van der Waals surface area contributed by atoms with Crippen LogP contribution in [0.3, 0.4) is 0 Å². The summed E-state index contributed by atoms with van der Waals surface area (Å²) >= 11 is 3.54. The van der Waals surface area contributed by atoms with Crippen LogP contribution in [-0.2, 0) is 6.42 Å². The third-order valence-electron chi connectivity index (χ3n) is 2.63. The zero-order valence-corrected chi connectivity index (χ0v) is 10.9. The predicted octanol–water partition coefficient (Wildman–Crippen LogP) is 2.59. The first-order chi connectivity index (χ1) is 8.31. The van der Waals surface area contributed by atoms with Crippen molar-refractivity contribution in [1.82, 2.24) is 10.4 Å². The number of nitrogens with zero attached hydrogens (tertiary/aromatic N) is 1. The van der Waals surface area contributed by atoms with Crippen molar-refractivity contribution in [3.8, 4) is 0 Å². The van der Waals surface area contributed by atoms with E-state index < -0.39 is 0 Å². The number of rotatable bonds is 4. The average molecular weight is 292 g/mol. The highest BCUT2D eigenvalue weighted by molar-refractivity contribution is 9.10. The minimum Gasteiger partial charge on any atom is -0.271 e. The quantitative estimate of drug-likeness (QED) is 0.672. The van der Waals surface area contributed by atoms with Crippen LogP contribution in [-0.4, -0.2) is 4.98 Å². The number of pyridine rings is 1. The second-order valence-corrected chi connectivity index (χ2v) is 4.62. The van der Waals surface area contributed by atoms with Gasteiger partial charge in [0.15, 0.2) is 0 Å². The molecule has 0 aliphatic carbocycles. The Morgan fingerprint density at radius 3 is 2.59 bits per heavy atom. The number of nitrogens with two attached hydrogens (primary N) is 1. The maximum Gasteiger partial charge on any atom is 0.0672 e. The SMILES string of the molecule is NNC(Cc1ccccc1Br)c1ccccn1. The lowest BCUT2D eigenvalue weighted by Gasteiger charge is -2.16. The maximum atomic E-state index is 5.60. The van der Waals surface area contributed by atoms with Crippen LogP contribution in [0.25, 0.3) is 0 Å². The van der Waals surface area contributed by atoms with Crippen LogP contribution >= 0.6 is 15.9 Å². The molecule has 0 amide bonds. The summed E-state index contributed by atoms with van der Waals surface area (Å²) in [5.74, 6) is 5.60. The van der Waals surface area contributed by atoms with Gasteiger partial charge in [-0.1, -0.05) is 40.2 Å². The Hall–Kier alpha value is -1.23. The Bertz CT molecular complexity index is 473. The highest BCUT2D eigenvalue weighted by Crippen LogP contribution is 2.22. The number of aromatic nitrogens is 1. The summed E-state index contributed by atoms with van der Waals surface area (Å²) < 4.78 is 1.09. The van der Waals surface area contributed by atoms with Crippen molar-refractivity contribution in [2.45, 2.75) is 12.5 Å². The summed E-state index contributed by atoms with van der Waals surface area (Å²) in [6, 6.07) is 14.0. The molecule has 0 fully saturated rings. The van der Waals surface area contributed by atoms with Crippen LogP contribution < -0.4 is 11.3 Å². The normalized spacial score (nSPS) is 12.4. The molecule has 0 radical (unpaired) electrons. The molecule has 2 aromatic rings. The van der Waals surface area contributed by atoms with Crippen molar-refractivity contribution in [3.05, 3.63) is 64.4 Å². The van der Waals surface area contributed by atoms with Crippen LogP contribution in [0.5, 0.6) is 0 Å². The molecule has 1 aromatic carbocycles. The molecule has 0 bridgehead atoms. The molecule has 0 aliphatic rings. The van der Waals surface area contributed by atoms with E-state index in [0.717, 1.165) is 16.6 Å². The summed E-state index contributed by atoms with van der Waals surface area (Å²) in [7, 11) is 0. The summed E-state index contributed by atoms with van der Waals surface area (Å²) in [5.41, 5.74) is 4.97. The Kier molecular flexibility index (Phi) is 4.25. The fourth-order valence-corrected chi connectivity index (χ4v) is 2.16. The van der Waals surface area contributed by atoms with Crippen molar-refractivity contribution in [3.63, 3.8) is 0 Å². The molecule has 2 rings (SSSR count). The van der Waals surface area contributed by atoms with Crippen LogP contribution in [0.2, 0.25) is 0 Å². The number of halogens is 1. The lowest BCUT2D eigenvalue weighted by Crippen LogP contribution is -2.30. The smallest absolute Gasteiger partial charge is 0.0672 e. The van der Waals surface area contributed by atoms with Gasteiger partial charge < -0.3 is 0 Å². The Balaban J connectivity index is 2.19. The molecular weight excluding hydrogens is 278 g/mol. The maximum absolute atomic E-state index is 5.60. The van der Waals surface area contributed by atoms with Gasteiger partial charge in [0.25, 0.3) is 0 Å². The number of hydrazine groups is 1. The molecule has 17 heavy (non-hydrogen) atoms. The van der Waals surface area contributed by atoms with Gasteiger partial charge in [0.1, 0.15) is 0 Å². The lowest BCUT2D eigenvalue weighted by molar-refractivity contribution is 0.537. The number of hydrogen-bond acceptors (Lipinski definition) is 3. The molecule has 3 N–H and O–H groups in total. The number of hydrogen-bond donors (Lipinski definition) is 2. The molecule has 0 spiro atoms. The van der Waals surface area contributed by atoms with Crippen molar-refractivity contribution < 1.29 is 0 Å². The first-order valence-corrected chi connectivity index (χ1v) is 6.21. The van der Waals surface area contributed by atoms with Crippen LogP contribution in [0.15, 0.2) is 53.1 Å². The minimum atomic E-state index is 0.0231. The molecule has 1 heterocycles. The van der Waals surface area contributed by atoms with Gasteiger partial charge in [-0.3, -0.25) is 16.3 Å². The topological polar surface area (TPSA) is 50.9 Å². The van der Waals surface area contributed by atoms with Gasteiger partial charge in [0, 0.05) is 10.7 Å². The summed E-state index contributed by atoms with van der Waals surface area (Å²) in [5, 5.41) is 0. The standard InChI is InChI=1S/C13H14BrN3/c14-11-6-2-1-5-10(11)9-13(17-15)12-7-3-4-8-16-12/h1-8,13,17H,9,15H2. The van der Waals surface area contributed by atoms with Crippen molar-refractivity contribution in [2.75, 3.05) is 0 Å². The molecule has 0 saturated heterocycles. The van der Waals surface area contributed by atoms with Gasteiger partial charge in [0.05, 0.1) is 11.7 Å². The Morgan fingerprint density at radius 2 is 1.94 bits per heavy atom. The Labute approximate surface area is 109 Å². The van der Waals surface area contributed by atoms with Gasteiger partial charge in [-0.15, -0.1) is 0 Å². The van der Waals surface area contributed by atoms with Gasteiger partial charge >= 0.3 is 0 Å². The summed E-state index contributed by atoms with van der Waals surface area (Å²) in [4.78, 5) is 4.32. The highest BCUT2D eigenvalue weighted by atomic mass is 79.9.